The van der Waals surface area contributed by atoms with E-state index in [1.54, 1.807) is 18.3 Å². The molecular weight excluding hydrogens is 289 g/mol. The summed E-state index contributed by atoms with van der Waals surface area (Å²) in [4.78, 5) is 8.59. The molecule has 104 valence electrons. The van der Waals surface area contributed by atoms with Crippen molar-refractivity contribution in [3.8, 4) is 11.3 Å². The monoisotopic (exact) mass is 299 g/mol. The Morgan fingerprint density at radius 2 is 1.62 bits per heavy atom. The SMILES string of the molecule is Fc1ccc(Nc2nccc(-c3ccc(Cl)cc3)n2)cc1. The topological polar surface area (TPSA) is 37.8 Å². The van der Waals surface area contributed by atoms with E-state index in [-0.39, 0.29) is 5.82 Å². The quantitative estimate of drug-likeness (QED) is 0.763. The van der Waals surface area contributed by atoms with E-state index in [1.807, 2.05) is 30.3 Å². The molecule has 21 heavy (non-hydrogen) atoms. The highest BCUT2D eigenvalue weighted by molar-refractivity contribution is 6.30. The van der Waals surface area contributed by atoms with E-state index in [9.17, 15) is 4.39 Å². The van der Waals surface area contributed by atoms with Crippen molar-refractivity contribution in [2.45, 2.75) is 0 Å². The first-order valence-corrected chi connectivity index (χ1v) is 6.70. The minimum atomic E-state index is -0.281. The lowest BCUT2D eigenvalue weighted by atomic mass is 10.1. The van der Waals surface area contributed by atoms with Crippen LogP contribution in [0.25, 0.3) is 11.3 Å². The van der Waals surface area contributed by atoms with Crippen molar-refractivity contribution in [1.82, 2.24) is 9.97 Å². The number of halogens is 2. The highest BCUT2D eigenvalue weighted by Crippen LogP contribution is 2.21. The van der Waals surface area contributed by atoms with Gasteiger partial charge in [0.1, 0.15) is 5.82 Å². The summed E-state index contributed by atoms with van der Waals surface area (Å²) in [6, 6.07) is 15.3. The molecular formula is C16H11ClFN3. The van der Waals surface area contributed by atoms with E-state index < -0.39 is 0 Å². The summed E-state index contributed by atoms with van der Waals surface area (Å²) in [6.07, 6.45) is 1.67. The van der Waals surface area contributed by atoms with Gasteiger partial charge in [-0.2, -0.15) is 0 Å². The van der Waals surface area contributed by atoms with Crippen LogP contribution in [0.4, 0.5) is 16.0 Å². The van der Waals surface area contributed by atoms with Crippen molar-refractivity contribution in [3.05, 3.63) is 71.6 Å². The summed E-state index contributed by atoms with van der Waals surface area (Å²) in [5.74, 6) is 0.172. The number of rotatable bonds is 3. The number of benzene rings is 2. The van der Waals surface area contributed by atoms with Gasteiger partial charge in [0.25, 0.3) is 0 Å². The van der Waals surface area contributed by atoms with E-state index in [0.29, 0.717) is 11.0 Å². The third-order valence-electron chi connectivity index (χ3n) is 2.90. The van der Waals surface area contributed by atoms with E-state index >= 15 is 0 Å². The maximum Gasteiger partial charge on any atom is 0.227 e. The normalized spacial score (nSPS) is 10.4. The first kappa shape index (κ1) is 13.5. The third kappa shape index (κ3) is 3.35. The molecule has 5 heteroatoms. The van der Waals surface area contributed by atoms with Gasteiger partial charge >= 0.3 is 0 Å². The van der Waals surface area contributed by atoms with Crippen LogP contribution in [0.2, 0.25) is 5.02 Å². The summed E-state index contributed by atoms with van der Waals surface area (Å²) in [5, 5.41) is 3.72. The molecule has 0 unspecified atom stereocenters. The highest BCUT2D eigenvalue weighted by atomic mass is 35.5. The zero-order chi connectivity index (χ0) is 14.7. The van der Waals surface area contributed by atoms with Gasteiger partial charge < -0.3 is 5.32 Å². The molecule has 3 aromatic rings. The number of hydrogen-bond donors (Lipinski definition) is 1. The van der Waals surface area contributed by atoms with Crippen LogP contribution in [0.1, 0.15) is 0 Å². The molecule has 3 rings (SSSR count). The molecule has 0 amide bonds. The standard InChI is InChI=1S/C16H11ClFN3/c17-12-3-1-11(2-4-12)15-9-10-19-16(21-15)20-14-7-5-13(18)6-8-14/h1-10H,(H,19,20,21). The van der Waals surface area contributed by atoms with Gasteiger partial charge in [-0.15, -0.1) is 0 Å². The average molecular weight is 300 g/mol. The number of nitrogens with zero attached hydrogens (tertiary/aromatic N) is 2. The second-order valence-electron chi connectivity index (χ2n) is 4.40. The molecule has 0 aliphatic carbocycles. The molecule has 0 atom stereocenters. The van der Waals surface area contributed by atoms with Crippen LogP contribution < -0.4 is 5.32 Å². The average Bonchev–Trinajstić information content (AvgIpc) is 2.51. The Morgan fingerprint density at radius 1 is 0.905 bits per heavy atom. The van der Waals surface area contributed by atoms with E-state index in [2.05, 4.69) is 15.3 Å². The van der Waals surface area contributed by atoms with Gasteiger partial charge in [0, 0.05) is 22.5 Å². The lowest BCUT2D eigenvalue weighted by molar-refractivity contribution is 0.628. The largest absolute Gasteiger partial charge is 0.324 e. The molecule has 0 fully saturated rings. The molecule has 1 heterocycles. The Balaban J connectivity index is 1.86. The van der Waals surface area contributed by atoms with Crippen LogP contribution in [0.3, 0.4) is 0 Å². The fraction of sp³-hybridized carbons (Fsp3) is 0. The third-order valence-corrected chi connectivity index (χ3v) is 3.15. The summed E-state index contributed by atoms with van der Waals surface area (Å²) in [6.45, 7) is 0. The fourth-order valence-electron chi connectivity index (χ4n) is 1.86. The maximum absolute atomic E-state index is 12.9. The molecule has 0 saturated heterocycles. The Morgan fingerprint density at radius 3 is 2.33 bits per heavy atom. The van der Waals surface area contributed by atoms with Crippen LogP contribution in [0, 0.1) is 5.82 Å². The molecule has 0 bridgehead atoms. The molecule has 0 aliphatic heterocycles. The Kier molecular flexibility index (Phi) is 3.79. The van der Waals surface area contributed by atoms with Gasteiger partial charge in [-0.05, 0) is 42.5 Å². The molecule has 0 saturated carbocycles. The Bertz CT molecular complexity index is 742. The minimum Gasteiger partial charge on any atom is -0.324 e. The first-order valence-electron chi connectivity index (χ1n) is 6.32. The van der Waals surface area contributed by atoms with E-state index in [0.717, 1.165) is 16.9 Å². The zero-order valence-corrected chi connectivity index (χ0v) is 11.7. The van der Waals surface area contributed by atoms with Crippen LogP contribution in [0.15, 0.2) is 60.8 Å². The second kappa shape index (κ2) is 5.89. The van der Waals surface area contributed by atoms with Crippen molar-refractivity contribution in [1.29, 1.82) is 0 Å². The molecule has 1 aromatic heterocycles. The number of aromatic nitrogens is 2. The van der Waals surface area contributed by atoms with Gasteiger partial charge in [-0.1, -0.05) is 23.7 Å². The molecule has 0 spiro atoms. The lowest BCUT2D eigenvalue weighted by Crippen LogP contribution is -1.97. The summed E-state index contributed by atoms with van der Waals surface area (Å²) < 4.78 is 12.9. The van der Waals surface area contributed by atoms with E-state index in [1.165, 1.54) is 12.1 Å². The highest BCUT2D eigenvalue weighted by Gasteiger charge is 2.03. The molecule has 0 aliphatic rings. The fourth-order valence-corrected chi connectivity index (χ4v) is 1.99. The van der Waals surface area contributed by atoms with Crippen LogP contribution in [-0.2, 0) is 0 Å². The van der Waals surface area contributed by atoms with Crippen molar-refractivity contribution >= 4 is 23.2 Å². The zero-order valence-electron chi connectivity index (χ0n) is 10.9. The van der Waals surface area contributed by atoms with Crippen LogP contribution >= 0.6 is 11.6 Å². The van der Waals surface area contributed by atoms with Crippen molar-refractivity contribution in [2.24, 2.45) is 0 Å². The van der Waals surface area contributed by atoms with Gasteiger partial charge in [0.15, 0.2) is 0 Å². The summed E-state index contributed by atoms with van der Waals surface area (Å²) in [7, 11) is 0. The van der Waals surface area contributed by atoms with Gasteiger partial charge in [-0.3, -0.25) is 0 Å². The van der Waals surface area contributed by atoms with Gasteiger partial charge in [0.2, 0.25) is 5.95 Å². The van der Waals surface area contributed by atoms with Crippen molar-refractivity contribution in [2.75, 3.05) is 5.32 Å². The first-order chi connectivity index (χ1) is 10.2. The predicted molar refractivity (Wildman–Crippen MR) is 82.2 cm³/mol. The lowest BCUT2D eigenvalue weighted by Gasteiger charge is -2.06. The smallest absolute Gasteiger partial charge is 0.227 e. The Labute approximate surface area is 126 Å². The number of hydrogen-bond acceptors (Lipinski definition) is 3. The summed E-state index contributed by atoms with van der Waals surface area (Å²) in [5.41, 5.74) is 2.46. The van der Waals surface area contributed by atoms with Crippen molar-refractivity contribution < 1.29 is 4.39 Å². The molecule has 1 N–H and O–H groups in total. The van der Waals surface area contributed by atoms with Crippen molar-refractivity contribution in [3.63, 3.8) is 0 Å². The second-order valence-corrected chi connectivity index (χ2v) is 4.84. The molecule has 2 aromatic carbocycles. The molecule has 0 radical (unpaired) electrons. The number of anilines is 2. The summed E-state index contributed by atoms with van der Waals surface area (Å²) >= 11 is 5.87. The van der Waals surface area contributed by atoms with Gasteiger partial charge in [-0.25, -0.2) is 14.4 Å². The predicted octanol–water partition coefficient (Wildman–Crippen LogP) is 4.68. The Hall–Kier alpha value is -2.46. The maximum atomic E-state index is 12.9. The van der Waals surface area contributed by atoms with Gasteiger partial charge in [0.05, 0.1) is 5.69 Å². The molecule has 3 nitrogen and oxygen atoms in total. The minimum absolute atomic E-state index is 0.281. The van der Waals surface area contributed by atoms with E-state index in [4.69, 9.17) is 11.6 Å². The number of nitrogens with one attached hydrogen (secondary N) is 1. The van der Waals surface area contributed by atoms with Crippen LogP contribution in [-0.4, -0.2) is 9.97 Å². The van der Waals surface area contributed by atoms with Crippen LogP contribution in [0.5, 0.6) is 0 Å².